The predicted molar refractivity (Wildman–Crippen MR) is 106 cm³/mol. The summed E-state index contributed by atoms with van der Waals surface area (Å²) in [5, 5.41) is 2.92. The molecular formula is C20H18N4O3S. The maximum atomic E-state index is 12.4. The molecule has 1 aliphatic heterocycles. The number of benzene rings is 1. The lowest BCUT2D eigenvalue weighted by molar-refractivity contribution is 0.0953. The zero-order valence-corrected chi connectivity index (χ0v) is 15.8. The fourth-order valence-corrected chi connectivity index (χ4v) is 3.30. The van der Waals surface area contributed by atoms with E-state index in [-0.39, 0.29) is 16.2 Å². The number of pyridine rings is 1. The first-order valence-corrected chi connectivity index (χ1v) is 9.35. The molecule has 3 N–H and O–H groups in total. The molecule has 0 bridgehead atoms. The first-order valence-electron chi connectivity index (χ1n) is 8.94. The van der Waals surface area contributed by atoms with Crippen molar-refractivity contribution in [2.75, 3.05) is 6.54 Å². The van der Waals surface area contributed by atoms with E-state index in [1.807, 2.05) is 18.2 Å². The Morgan fingerprint density at radius 1 is 1.25 bits per heavy atom. The Kier molecular flexibility index (Phi) is 5.03. The van der Waals surface area contributed by atoms with Gasteiger partial charge < -0.3 is 15.0 Å². The summed E-state index contributed by atoms with van der Waals surface area (Å²) in [6.07, 6.45) is 3.74. The van der Waals surface area contributed by atoms with Crippen molar-refractivity contribution in [1.29, 1.82) is 0 Å². The van der Waals surface area contributed by atoms with Crippen molar-refractivity contribution >= 4 is 18.1 Å². The van der Waals surface area contributed by atoms with Crippen LogP contribution in [0.25, 0.3) is 0 Å². The summed E-state index contributed by atoms with van der Waals surface area (Å²) in [6.45, 7) is 0.558. The molecule has 1 aliphatic rings. The number of carbonyl (C=O) groups is 1. The van der Waals surface area contributed by atoms with Crippen LogP contribution in [0.4, 0.5) is 0 Å². The van der Waals surface area contributed by atoms with Crippen LogP contribution in [0.1, 0.15) is 33.6 Å². The number of fused-ring (bicyclic) bond motifs is 2. The SMILES string of the molecule is O=C(NCCCc1ccccn1)c1ccc2c(c1)Cc1c([nH]c(=S)[nH]c1=O)O2. The lowest BCUT2D eigenvalue weighted by atomic mass is 10.0. The monoisotopic (exact) mass is 394 g/mol. The van der Waals surface area contributed by atoms with Gasteiger partial charge >= 0.3 is 0 Å². The number of amides is 1. The zero-order chi connectivity index (χ0) is 19.5. The minimum atomic E-state index is -0.284. The van der Waals surface area contributed by atoms with Crippen LogP contribution in [0.2, 0.25) is 0 Å². The highest BCUT2D eigenvalue weighted by Gasteiger charge is 2.21. The van der Waals surface area contributed by atoms with Gasteiger partial charge in [-0.25, -0.2) is 0 Å². The van der Waals surface area contributed by atoms with Gasteiger partial charge in [-0.2, -0.15) is 0 Å². The average molecular weight is 394 g/mol. The van der Waals surface area contributed by atoms with Gasteiger partial charge in [0.2, 0.25) is 5.88 Å². The van der Waals surface area contributed by atoms with Crippen molar-refractivity contribution in [1.82, 2.24) is 20.3 Å². The van der Waals surface area contributed by atoms with Crippen LogP contribution in [0.3, 0.4) is 0 Å². The molecule has 8 heteroatoms. The van der Waals surface area contributed by atoms with Crippen LogP contribution in [0, 0.1) is 4.77 Å². The average Bonchev–Trinajstić information content (AvgIpc) is 2.70. The van der Waals surface area contributed by atoms with E-state index in [1.54, 1.807) is 24.4 Å². The van der Waals surface area contributed by atoms with Crippen LogP contribution in [-0.2, 0) is 12.8 Å². The van der Waals surface area contributed by atoms with Gasteiger partial charge in [0.25, 0.3) is 11.5 Å². The van der Waals surface area contributed by atoms with Crippen LogP contribution in [-0.4, -0.2) is 27.4 Å². The van der Waals surface area contributed by atoms with Gasteiger partial charge in [-0.1, -0.05) is 6.07 Å². The summed E-state index contributed by atoms with van der Waals surface area (Å²) in [5.41, 5.74) is 2.50. The molecule has 0 atom stereocenters. The maximum absolute atomic E-state index is 12.4. The molecule has 0 fully saturated rings. The summed E-state index contributed by atoms with van der Waals surface area (Å²) in [7, 11) is 0. The number of nitrogens with zero attached hydrogens (tertiary/aromatic N) is 1. The predicted octanol–water partition coefficient (Wildman–Crippen LogP) is 2.89. The third kappa shape index (κ3) is 3.86. The molecule has 7 nitrogen and oxygen atoms in total. The Morgan fingerprint density at radius 2 is 2.14 bits per heavy atom. The van der Waals surface area contributed by atoms with E-state index in [2.05, 4.69) is 20.3 Å². The highest BCUT2D eigenvalue weighted by atomic mass is 32.1. The summed E-state index contributed by atoms with van der Waals surface area (Å²) < 4.78 is 5.96. The highest BCUT2D eigenvalue weighted by molar-refractivity contribution is 7.71. The van der Waals surface area contributed by atoms with Gasteiger partial charge in [0.05, 0.1) is 5.56 Å². The van der Waals surface area contributed by atoms with Crippen molar-refractivity contribution in [3.63, 3.8) is 0 Å². The molecule has 0 unspecified atom stereocenters. The second-order valence-electron chi connectivity index (χ2n) is 6.50. The van der Waals surface area contributed by atoms with Crippen LogP contribution in [0.15, 0.2) is 47.4 Å². The summed E-state index contributed by atoms with van der Waals surface area (Å²) in [5.74, 6) is 0.805. The number of ether oxygens (including phenoxy) is 1. The third-order valence-corrected chi connectivity index (χ3v) is 4.73. The van der Waals surface area contributed by atoms with Gasteiger partial charge in [0, 0.05) is 36.0 Å². The number of H-pyrrole nitrogens is 2. The Morgan fingerprint density at radius 3 is 2.96 bits per heavy atom. The van der Waals surface area contributed by atoms with Crippen LogP contribution in [0.5, 0.6) is 11.6 Å². The van der Waals surface area contributed by atoms with Crippen molar-refractivity contribution in [2.24, 2.45) is 0 Å². The largest absolute Gasteiger partial charge is 0.440 e. The van der Waals surface area contributed by atoms with E-state index in [9.17, 15) is 9.59 Å². The molecule has 0 aliphatic carbocycles. The third-order valence-electron chi connectivity index (χ3n) is 4.53. The lowest BCUT2D eigenvalue weighted by Crippen LogP contribution is -2.25. The fraction of sp³-hybridized carbons (Fsp3) is 0.200. The summed E-state index contributed by atoms with van der Waals surface area (Å²) >= 11 is 4.97. The molecule has 3 heterocycles. The van der Waals surface area contributed by atoms with Gasteiger partial charge in [-0.15, -0.1) is 0 Å². The molecule has 1 amide bonds. The maximum Gasteiger partial charge on any atom is 0.259 e. The second kappa shape index (κ2) is 7.77. The number of aromatic amines is 2. The van der Waals surface area contributed by atoms with Crippen LogP contribution >= 0.6 is 12.2 Å². The van der Waals surface area contributed by atoms with Crippen LogP contribution < -0.4 is 15.6 Å². The number of aryl methyl sites for hydroxylation is 1. The highest BCUT2D eigenvalue weighted by Crippen LogP contribution is 2.33. The number of carbonyl (C=O) groups excluding carboxylic acids is 1. The Balaban J connectivity index is 1.41. The standard InChI is InChI=1S/C20H18N4O3S/c25-17(22-9-3-5-14-4-1-2-8-21-14)12-6-7-16-13(10-12)11-15-18(26)23-20(28)24-19(15)27-16/h1-2,4,6-8,10H,3,5,9,11H2,(H,22,25)(H2,23,24,26,28). The fourth-order valence-electron chi connectivity index (χ4n) is 3.12. The lowest BCUT2D eigenvalue weighted by Gasteiger charge is -2.19. The second-order valence-corrected chi connectivity index (χ2v) is 6.91. The van der Waals surface area contributed by atoms with E-state index >= 15 is 0 Å². The molecule has 3 aromatic rings. The van der Waals surface area contributed by atoms with Crippen molar-refractivity contribution < 1.29 is 9.53 Å². The summed E-state index contributed by atoms with van der Waals surface area (Å²) in [4.78, 5) is 34.2. The molecule has 142 valence electrons. The van der Waals surface area contributed by atoms with Gasteiger partial charge in [0.1, 0.15) is 5.75 Å². The Labute approximate surface area is 165 Å². The Hall–Kier alpha value is -3.26. The van der Waals surface area contributed by atoms with E-state index < -0.39 is 0 Å². The first-order chi connectivity index (χ1) is 13.6. The molecule has 0 radical (unpaired) electrons. The molecule has 28 heavy (non-hydrogen) atoms. The topological polar surface area (TPSA) is 99.9 Å². The zero-order valence-electron chi connectivity index (χ0n) is 15.0. The van der Waals surface area contributed by atoms with E-state index in [0.717, 1.165) is 24.1 Å². The minimum absolute atomic E-state index is 0.156. The van der Waals surface area contributed by atoms with Gasteiger partial charge in [-0.05, 0) is 55.4 Å². The minimum Gasteiger partial charge on any atom is -0.440 e. The normalized spacial score (nSPS) is 11.9. The van der Waals surface area contributed by atoms with Crippen molar-refractivity contribution in [3.05, 3.63) is 80.1 Å². The first kappa shape index (κ1) is 18.1. The quantitative estimate of drug-likeness (QED) is 0.357. The van der Waals surface area contributed by atoms with Crippen molar-refractivity contribution in [3.8, 4) is 11.6 Å². The molecular weight excluding hydrogens is 376 g/mol. The molecule has 2 aromatic heterocycles. The molecule has 0 saturated carbocycles. The molecule has 4 rings (SSSR count). The van der Waals surface area contributed by atoms with E-state index in [1.165, 1.54) is 0 Å². The van der Waals surface area contributed by atoms with Gasteiger partial charge in [0.15, 0.2) is 4.77 Å². The number of aromatic nitrogens is 3. The number of hydrogen-bond acceptors (Lipinski definition) is 5. The number of hydrogen-bond donors (Lipinski definition) is 3. The smallest absolute Gasteiger partial charge is 0.259 e. The number of nitrogens with one attached hydrogen (secondary N) is 3. The molecule has 0 spiro atoms. The molecule has 0 saturated heterocycles. The van der Waals surface area contributed by atoms with E-state index in [4.69, 9.17) is 17.0 Å². The van der Waals surface area contributed by atoms with Gasteiger partial charge in [-0.3, -0.25) is 19.6 Å². The Bertz CT molecular complexity index is 1140. The van der Waals surface area contributed by atoms with Crippen molar-refractivity contribution in [2.45, 2.75) is 19.3 Å². The number of rotatable bonds is 5. The summed E-state index contributed by atoms with van der Waals surface area (Å²) in [6, 6.07) is 11.0. The van der Waals surface area contributed by atoms with E-state index in [0.29, 0.717) is 35.7 Å². The molecule has 1 aromatic carbocycles.